The molecular weight excluding hydrogens is 264 g/mol. The summed E-state index contributed by atoms with van der Waals surface area (Å²) in [5, 5.41) is 0. The van der Waals surface area contributed by atoms with Gasteiger partial charge in [0.1, 0.15) is 0 Å². The molecule has 21 heavy (non-hydrogen) atoms. The van der Waals surface area contributed by atoms with Crippen molar-refractivity contribution < 1.29 is 9.53 Å². The lowest BCUT2D eigenvalue weighted by Crippen LogP contribution is -2.28. The molecule has 3 rings (SSSR count). The Morgan fingerprint density at radius 1 is 1.38 bits per heavy atom. The molecule has 0 aliphatic heterocycles. The Kier molecular flexibility index (Phi) is 4.24. The molecule has 3 unspecified atom stereocenters. The Bertz CT molecular complexity index is 500. The number of fused-ring (bicyclic) bond motifs is 2. The van der Waals surface area contributed by atoms with Crippen molar-refractivity contribution in [2.75, 3.05) is 20.7 Å². The Morgan fingerprint density at radius 2 is 2.24 bits per heavy atom. The van der Waals surface area contributed by atoms with Gasteiger partial charge in [0, 0.05) is 19.3 Å². The number of pyridine rings is 1. The fourth-order valence-electron chi connectivity index (χ4n) is 4.10. The number of hydrogen-bond acceptors (Lipinski definition) is 4. The summed E-state index contributed by atoms with van der Waals surface area (Å²) in [7, 11) is 3.56. The zero-order valence-electron chi connectivity index (χ0n) is 12.9. The van der Waals surface area contributed by atoms with E-state index in [1.807, 2.05) is 6.07 Å². The van der Waals surface area contributed by atoms with Crippen molar-refractivity contribution in [1.29, 1.82) is 0 Å². The van der Waals surface area contributed by atoms with E-state index < -0.39 is 0 Å². The number of aromatic nitrogens is 1. The minimum atomic E-state index is -0.329. The van der Waals surface area contributed by atoms with Crippen LogP contribution in [0.1, 0.15) is 41.7 Å². The summed E-state index contributed by atoms with van der Waals surface area (Å²) in [6.45, 7) is 2.01. The van der Waals surface area contributed by atoms with E-state index >= 15 is 0 Å². The van der Waals surface area contributed by atoms with E-state index in [1.54, 1.807) is 12.3 Å². The van der Waals surface area contributed by atoms with Gasteiger partial charge in [-0.25, -0.2) is 4.79 Å². The maximum atomic E-state index is 11.4. The summed E-state index contributed by atoms with van der Waals surface area (Å²) in [5.74, 6) is 2.52. The van der Waals surface area contributed by atoms with Gasteiger partial charge in [-0.1, -0.05) is 6.42 Å². The van der Waals surface area contributed by atoms with Gasteiger partial charge in [-0.05, 0) is 56.2 Å². The largest absolute Gasteiger partial charge is 0.465 e. The van der Waals surface area contributed by atoms with E-state index in [1.165, 1.54) is 39.3 Å². The average Bonchev–Trinajstić information content (AvgIpc) is 3.09. The monoisotopic (exact) mass is 288 g/mol. The molecule has 3 atom stereocenters. The molecule has 0 N–H and O–H groups in total. The fraction of sp³-hybridized carbons (Fsp3) is 0.647. The minimum Gasteiger partial charge on any atom is -0.465 e. The van der Waals surface area contributed by atoms with Crippen LogP contribution in [0.25, 0.3) is 0 Å². The lowest BCUT2D eigenvalue weighted by molar-refractivity contribution is 0.0600. The quantitative estimate of drug-likeness (QED) is 0.781. The highest BCUT2D eigenvalue weighted by molar-refractivity contribution is 5.88. The Balaban J connectivity index is 1.52. The maximum absolute atomic E-state index is 11.4. The van der Waals surface area contributed by atoms with Gasteiger partial charge in [0.05, 0.1) is 18.4 Å². The summed E-state index contributed by atoms with van der Waals surface area (Å²) >= 11 is 0. The zero-order chi connectivity index (χ0) is 14.8. The molecule has 4 heteroatoms. The van der Waals surface area contributed by atoms with Crippen LogP contribution in [0.5, 0.6) is 0 Å². The van der Waals surface area contributed by atoms with Crippen molar-refractivity contribution in [3.05, 3.63) is 29.6 Å². The van der Waals surface area contributed by atoms with Crippen molar-refractivity contribution in [3.8, 4) is 0 Å². The van der Waals surface area contributed by atoms with Crippen LogP contribution in [0.15, 0.2) is 18.3 Å². The second-order valence-electron chi connectivity index (χ2n) is 6.66. The van der Waals surface area contributed by atoms with Gasteiger partial charge in [0.15, 0.2) is 0 Å². The summed E-state index contributed by atoms with van der Waals surface area (Å²) in [4.78, 5) is 18.1. The van der Waals surface area contributed by atoms with Crippen LogP contribution in [-0.2, 0) is 11.3 Å². The second kappa shape index (κ2) is 6.14. The van der Waals surface area contributed by atoms with Crippen LogP contribution >= 0.6 is 0 Å². The van der Waals surface area contributed by atoms with E-state index in [0.717, 1.165) is 30.0 Å². The third-order valence-corrected chi connectivity index (χ3v) is 5.11. The number of carbonyl (C=O) groups excluding carboxylic acids is 1. The third kappa shape index (κ3) is 3.26. The first kappa shape index (κ1) is 14.5. The van der Waals surface area contributed by atoms with Gasteiger partial charge in [-0.3, -0.25) is 4.98 Å². The van der Waals surface area contributed by atoms with E-state index in [4.69, 9.17) is 0 Å². The molecule has 0 spiro atoms. The van der Waals surface area contributed by atoms with Crippen molar-refractivity contribution in [3.63, 3.8) is 0 Å². The van der Waals surface area contributed by atoms with Crippen molar-refractivity contribution in [2.24, 2.45) is 17.8 Å². The molecule has 0 aromatic carbocycles. The Hall–Kier alpha value is -1.42. The summed E-state index contributed by atoms with van der Waals surface area (Å²) in [6.07, 6.45) is 7.39. The van der Waals surface area contributed by atoms with Crippen LogP contribution in [0, 0.1) is 17.8 Å². The molecule has 2 aliphatic rings. The molecule has 1 heterocycles. The summed E-state index contributed by atoms with van der Waals surface area (Å²) < 4.78 is 4.68. The SMILES string of the molecule is COC(=O)c1ccc(CN(C)CC2CC3CCC2C3)nc1. The highest BCUT2D eigenvalue weighted by Gasteiger charge is 2.39. The third-order valence-electron chi connectivity index (χ3n) is 5.11. The first-order chi connectivity index (χ1) is 10.2. The van der Waals surface area contributed by atoms with Crippen LogP contribution in [0.4, 0.5) is 0 Å². The van der Waals surface area contributed by atoms with Gasteiger partial charge < -0.3 is 9.64 Å². The highest BCUT2D eigenvalue weighted by atomic mass is 16.5. The predicted octanol–water partition coefficient (Wildman–Crippen LogP) is 2.74. The molecule has 2 saturated carbocycles. The number of nitrogens with zero attached hydrogens (tertiary/aromatic N) is 2. The lowest BCUT2D eigenvalue weighted by atomic mass is 9.88. The van der Waals surface area contributed by atoms with Crippen LogP contribution in [0.3, 0.4) is 0 Å². The molecule has 2 bridgehead atoms. The number of carbonyl (C=O) groups is 1. The number of rotatable bonds is 5. The average molecular weight is 288 g/mol. The number of methoxy groups -OCH3 is 1. The van der Waals surface area contributed by atoms with Crippen molar-refractivity contribution in [2.45, 2.75) is 32.2 Å². The molecule has 1 aromatic heterocycles. The lowest BCUT2D eigenvalue weighted by Gasteiger charge is -2.27. The molecule has 2 fully saturated rings. The fourth-order valence-corrected chi connectivity index (χ4v) is 4.10. The standard InChI is InChI=1S/C17H24N2O2/c1-19(10-15-8-12-3-4-13(15)7-12)11-16-6-5-14(9-18-16)17(20)21-2/h5-6,9,12-13,15H,3-4,7-8,10-11H2,1-2H3. The Morgan fingerprint density at radius 3 is 2.81 bits per heavy atom. The summed E-state index contributed by atoms with van der Waals surface area (Å²) in [6, 6.07) is 3.71. The normalized spacial score (nSPS) is 27.3. The van der Waals surface area contributed by atoms with Crippen molar-refractivity contribution in [1.82, 2.24) is 9.88 Å². The Labute approximate surface area is 126 Å². The van der Waals surface area contributed by atoms with Gasteiger partial charge in [0.25, 0.3) is 0 Å². The van der Waals surface area contributed by atoms with Gasteiger partial charge >= 0.3 is 5.97 Å². The van der Waals surface area contributed by atoms with Crippen molar-refractivity contribution >= 4 is 5.97 Å². The van der Waals surface area contributed by atoms with E-state index in [0.29, 0.717) is 5.56 Å². The zero-order valence-corrected chi connectivity index (χ0v) is 12.9. The van der Waals surface area contributed by atoms with Gasteiger partial charge in [-0.15, -0.1) is 0 Å². The molecular formula is C17H24N2O2. The number of ether oxygens (including phenoxy) is 1. The van der Waals surface area contributed by atoms with E-state index in [2.05, 4.69) is 21.7 Å². The topological polar surface area (TPSA) is 42.4 Å². The maximum Gasteiger partial charge on any atom is 0.339 e. The van der Waals surface area contributed by atoms with E-state index in [9.17, 15) is 4.79 Å². The van der Waals surface area contributed by atoms with Crippen LogP contribution in [-0.4, -0.2) is 36.6 Å². The number of hydrogen-bond donors (Lipinski definition) is 0. The minimum absolute atomic E-state index is 0.329. The first-order valence-corrected chi connectivity index (χ1v) is 7.87. The molecule has 0 saturated heterocycles. The van der Waals surface area contributed by atoms with Crippen LogP contribution < -0.4 is 0 Å². The van der Waals surface area contributed by atoms with Gasteiger partial charge in [0.2, 0.25) is 0 Å². The molecule has 114 valence electrons. The smallest absolute Gasteiger partial charge is 0.339 e. The molecule has 1 aromatic rings. The molecule has 2 aliphatic carbocycles. The molecule has 0 amide bonds. The first-order valence-electron chi connectivity index (χ1n) is 7.87. The number of esters is 1. The molecule has 4 nitrogen and oxygen atoms in total. The molecule has 0 radical (unpaired) electrons. The highest BCUT2D eigenvalue weighted by Crippen LogP contribution is 2.48. The van der Waals surface area contributed by atoms with Crippen LogP contribution in [0.2, 0.25) is 0 Å². The van der Waals surface area contributed by atoms with E-state index in [-0.39, 0.29) is 5.97 Å². The summed E-state index contributed by atoms with van der Waals surface area (Å²) in [5.41, 5.74) is 1.52. The second-order valence-corrected chi connectivity index (χ2v) is 6.66. The predicted molar refractivity (Wildman–Crippen MR) is 80.8 cm³/mol. The van der Waals surface area contributed by atoms with Gasteiger partial charge in [-0.2, -0.15) is 0 Å².